The van der Waals surface area contributed by atoms with Gasteiger partial charge in [-0.05, 0) is 60.7 Å². The van der Waals surface area contributed by atoms with E-state index in [1.807, 2.05) is 6.07 Å². The molecule has 22 heavy (non-hydrogen) atoms. The van der Waals surface area contributed by atoms with E-state index < -0.39 is 0 Å². The Morgan fingerprint density at radius 2 is 1.64 bits per heavy atom. The van der Waals surface area contributed by atoms with Gasteiger partial charge >= 0.3 is 0 Å². The number of phenolic OH excluding ortho intramolecular Hbond substituents is 2. The number of aromatic hydroxyl groups is 2. The van der Waals surface area contributed by atoms with Gasteiger partial charge in [-0.2, -0.15) is 0 Å². The molecular weight excluding hydrogens is 274 g/mol. The Morgan fingerprint density at radius 3 is 2.36 bits per heavy atom. The van der Waals surface area contributed by atoms with Crippen LogP contribution < -0.4 is 5.32 Å². The van der Waals surface area contributed by atoms with Crippen molar-refractivity contribution in [2.75, 3.05) is 13.1 Å². The smallest absolute Gasteiger partial charge is 0.157 e. The van der Waals surface area contributed by atoms with Gasteiger partial charge in [-0.25, -0.2) is 0 Å². The summed E-state index contributed by atoms with van der Waals surface area (Å²) in [6.45, 7) is 6.25. The topological polar surface area (TPSA) is 52.5 Å². The average molecular weight is 299 g/mol. The Labute approximate surface area is 132 Å². The molecular formula is C19H25NO2. The molecule has 2 aromatic rings. The Kier molecular flexibility index (Phi) is 5.84. The highest BCUT2D eigenvalue weighted by Crippen LogP contribution is 2.24. The van der Waals surface area contributed by atoms with Crippen LogP contribution in [-0.4, -0.2) is 23.3 Å². The maximum absolute atomic E-state index is 9.46. The van der Waals surface area contributed by atoms with Crippen molar-refractivity contribution in [3.05, 3.63) is 59.2 Å². The third-order valence-corrected chi connectivity index (χ3v) is 3.88. The first-order valence-electron chi connectivity index (χ1n) is 7.87. The Bertz CT molecular complexity index is 608. The monoisotopic (exact) mass is 299 g/mol. The third kappa shape index (κ3) is 4.50. The van der Waals surface area contributed by atoms with Gasteiger partial charge in [0.2, 0.25) is 0 Å². The fourth-order valence-corrected chi connectivity index (χ4v) is 2.63. The van der Waals surface area contributed by atoms with Crippen LogP contribution in [0.1, 0.15) is 36.5 Å². The van der Waals surface area contributed by atoms with E-state index in [1.54, 1.807) is 6.07 Å². The number of phenols is 2. The summed E-state index contributed by atoms with van der Waals surface area (Å²) < 4.78 is 0. The summed E-state index contributed by atoms with van der Waals surface area (Å²) in [5.74, 6) is 0.432. The van der Waals surface area contributed by atoms with Gasteiger partial charge in [-0.3, -0.25) is 0 Å². The number of benzene rings is 2. The zero-order chi connectivity index (χ0) is 15.9. The van der Waals surface area contributed by atoms with Crippen molar-refractivity contribution in [1.29, 1.82) is 0 Å². The first kappa shape index (κ1) is 16.4. The van der Waals surface area contributed by atoms with E-state index in [-0.39, 0.29) is 11.5 Å². The predicted octanol–water partition coefficient (Wildman–Crippen LogP) is 3.60. The van der Waals surface area contributed by atoms with Crippen molar-refractivity contribution in [3.63, 3.8) is 0 Å². The largest absolute Gasteiger partial charge is 0.504 e. The standard InChI is InChI=1S/C19H25NO2/c1-14(2)17-6-4-3-5-16(17)10-12-20-11-9-15-7-8-18(21)19(22)13-15/h3-8,13-14,20-22H,9-12H2,1-2H3. The molecule has 0 atom stereocenters. The van der Waals surface area contributed by atoms with Crippen LogP contribution in [0.5, 0.6) is 11.5 Å². The summed E-state index contributed by atoms with van der Waals surface area (Å²) in [6.07, 6.45) is 1.86. The molecule has 2 rings (SSSR count). The number of nitrogens with one attached hydrogen (secondary N) is 1. The number of hydrogen-bond donors (Lipinski definition) is 3. The minimum Gasteiger partial charge on any atom is -0.504 e. The quantitative estimate of drug-likeness (QED) is 0.541. The SMILES string of the molecule is CC(C)c1ccccc1CCNCCc1ccc(O)c(O)c1. The van der Waals surface area contributed by atoms with Crippen LogP contribution >= 0.6 is 0 Å². The van der Waals surface area contributed by atoms with Crippen LogP contribution in [-0.2, 0) is 12.8 Å². The molecule has 3 N–H and O–H groups in total. The van der Waals surface area contributed by atoms with E-state index in [9.17, 15) is 10.2 Å². The molecule has 0 bridgehead atoms. The zero-order valence-corrected chi connectivity index (χ0v) is 13.3. The van der Waals surface area contributed by atoms with Gasteiger partial charge in [-0.1, -0.05) is 44.2 Å². The van der Waals surface area contributed by atoms with Crippen LogP contribution in [0.4, 0.5) is 0 Å². The lowest BCUT2D eigenvalue weighted by Crippen LogP contribution is -2.20. The Morgan fingerprint density at radius 1 is 0.909 bits per heavy atom. The second-order valence-electron chi connectivity index (χ2n) is 5.93. The third-order valence-electron chi connectivity index (χ3n) is 3.88. The molecule has 3 nitrogen and oxygen atoms in total. The summed E-state index contributed by atoms with van der Waals surface area (Å²) in [6, 6.07) is 13.6. The highest BCUT2D eigenvalue weighted by molar-refractivity contribution is 5.40. The molecule has 0 spiro atoms. The van der Waals surface area contributed by atoms with Crippen molar-refractivity contribution < 1.29 is 10.2 Å². The molecule has 0 aromatic heterocycles. The lowest BCUT2D eigenvalue weighted by atomic mass is 9.95. The van der Waals surface area contributed by atoms with Crippen molar-refractivity contribution in [1.82, 2.24) is 5.32 Å². The molecule has 0 unspecified atom stereocenters. The number of rotatable bonds is 7. The highest BCUT2D eigenvalue weighted by atomic mass is 16.3. The van der Waals surface area contributed by atoms with Gasteiger partial charge in [0, 0.05) is 0 Å². The van der Waals surface area contributed by atoms with Crippen molar-refractivity contribution in [2.24, 2.45) is 0 Å². The fourth-order valence-electron chi connectivity index (χ4n) is 2.63. The molecule has 118 valence electrons. The van der Waals surface area contributed by atoms with Crippen molar-refractivity contribution in [3.8, 4) is 11.5 Å². The molecule has 0 aliphatic rings. The van der Waals surface area contributed by atoms with Gasteiger partial charge in [0.25, 0.3) is 0 Å². The van der Waals surface area contributed by atoms with Crippen LogP contribution in [0.15, 0.2) is 42.5 Å². The maximum Gasteiger partial charge on any atom is 0.157 e. The average Bonchev–Trinajstić information content (AvgIpc) is 2.50. The van der Waals surface area contributed by atoms with Crippen LogP contribution in [0.25, 0.3) is 0 Å². The Hall–Kier alpha value is -2.00. The van der Waals surface area contributed by atoms with Crippen LogP contribution in [0.2, 0.25) is 0 Å². The van der Waals surface area contributed by atoms with Gasteiger partial charge in [0.1, 0.15) is 0 Å². The van der Waals surface area contributed by atoms with E-state index in [0.717, 1.165) is 31.5 Å². The van der Waals surface area contributed by atoms with E-state index in [0.29, 0.717) is 5.92 Å². The summed E-state index contributed by atoms with van der Waals surface area (Å²) in [4.78, 5) is 0. The molecule has 3 heteroatoms. The lowest BCUT2D eigenvalue weighted by molar-refractivity contribution is 0.403. The van der Waals surface area contributed by atoms with Crippen molar-refractivity contribution in [2.45, 2.75) is 32.6 Å². The predicted molar refractivity (Wildman–Crippen MR) is 90.6 cm³/mol. The number of hydrogen-bond acceptors (Lipinski definition) is 3. The normalized spacial score (nSPS) is 11.0. The summed E-state index contributed by atoms with van der Waals surface area (Å²) in [5, 5.41) is 22.2. The first-order chi connectivity index (χ1) is 10.6. The van der Waals surface area contributed by atoms with Crippen LogP contribution in [0, 0.1) is 0 Å². The summed E-state index contributed by atoms with van der Waals surface area (Å²) >= 11 is 0. The molecule has 2 aromatic carbocycles. The Balaban J connectivity index is 1.77. The molecule has 0 aliphatic carbocycles. The molecule has 0 radical (unpaired) electrons. The minimum atomic E-state index is -0.0676. The molecule has 0 saturated carbocycles. The summed E-state index contributed by atoms with van der Waals surface area (Å²) in [5.41, 5.74) is 3.85. The lowest BCUT2D eigenvalue weighted by Gasteiger charge is -2.13. The van der Waals surface area contributed by atoms with Crippen LogP contribution in [0.3, 0.4) is 0 Å². The van der Waals surface area contributed by atoms with E-state index in [4.69, 9.17) is 0 Å². The van der Waals surface area contributed by atoms with Crippen molar-refractivity contribution >= 4 is 0 Å². The van der Waals surface area contributed by atoms with Gasteiger partial charge < -0.3 is 15.5 Å². The molecule has 0 heterocycles. The maximum atomic E-state index is 9.46. The molecule has 0 saturated heterocycles. The van der Waals surface area contributed by atoms with E-state index in [2.05, 4.69) is 43.4 Å². The molecule has 0 aliphatic heterocycles. The minimum absolute atomic E-state index is 0.0524. The second-order valence-corrected chi connectivity index (χ2v) is 5.93. The highest BCUT2D eigenvalue weighted by Gasteiger charge is 2.05. The zero-order valence-electron chi connectivity index (χ0n) is 13.3. The van der Waals surface area contributed by atoms with Gasteiger partial charge in [0.15, 0.2) is 11.5 Å². The fraction of sp³-hybridized carbons (Fsp3) is 0.368. The van der Waals surface area contributed by atoms with E-state index >= 15 is 0 Å². The van der Waals surface area contributed by atoms with Gasteiger partial charge in [-0.15, -0.1) is 0 Å². The van der Waals surface area contributed by atoms with E-state index in [1.165, 1.54) is 17.2 Å². The second kappa shape index (κ2) is 7.85. The first-order valence-corrected chi connectivity index (χ1v) is 7.87. The summed E-state index contributed by atoms with van der Waals surface area (Å²) in [7, 11) is 0. The molecule has 0 amide bonds. The molecule has 0 fully saturated rings. The van der Waals surface area contributed by atoms with Gasteiger partial charge in [0.05, 0.1) is 0 Å².